The predicted octanol–water partition coefficient (Wildman–Crippen LogP) is 1.60. The minimum atomic E-state index is -0.141. The van der Waals surface area contributed by atoms with Crippen molar-refractivity contribution in [3.63, 3.8) is 0 Å². The Morgan fingerprint density at radius 1 is 1.50 bits per heavy atom. The Morgan fingerprint density at radius 2 is 2.31 bits per heavy atom. The molecule has 1 heterocycles. The van der Waals surface area contributed by atoms with Crippen LogP contribution in [0, 0.1) is 6.92 Å². The van der Waals surface area contributed by atoms with Gasteiger partial charge in [0.2, 0.25) is 0 Å². The number of nitrogens with zero attached hydrogens (tertiary/aromatic N) is 3. The summed E-state index contributed by atoms with van der Waals surface area (Å²) >= 11 is 0. The summed E-state index contributed by atoms with van der Waals surface area (Å²) in [5.74, 6) is 1.03. The zero-order valence-corrected chi connectivity index (χ0v) is 8.94. The first-order chi connectivity index (χ1) is 7.74. The van der Waals surface area contributed by atoms with Crippen molar-refractivity contribution in [1.29, 1.82) is 0 Å². The van der Waals surface area contributed by atoms with Crippen LogP contribution >= 0.6 is 0 Å². The van der Waals surface area contributed by atoms with Crippen molar-refractivity contribution in [1.82, 2.24) is 15.2 Å². The van der Waals surface area contributed by atoms with Crippen LogP contribution in [0.1, 0.15) is 11.4 Å². The fourth-order valence-corrected chi connectivity index (χ4v) is 1.47. The lowest BCUT2D eigenvalue weighted by Gasteiger charge is -2.01. The number of H-pyrrole nitrogens is 1. The summed E-state index contributed by atoms with van der Waals surface area (Å²) < 4.78 is 0. The lowest BCUT2D eigenvalue weighted by Crippen LogP contribution is -1.85. The van der Waals surface area contributed by atoms with E-state index >= 15 is 0 Å². The minimum absolute atomic E-state index is 0.141. The highest BCUT2D eigenvalue weighted by Crippen LogP contribution is 2.23. The highest BCUT2D eigenvalue weighted by Gasteiger charge is 2.06. The molecule has 0 aliphatic heterocycles. The highest BCUT2D eigenvalue weighted by molar-refractivity contribution is 5.62. The second kappa shape index (κ2) is 4.24. The molecule has 0 unspecified atom stereocenters. The molecule has 0 fully saturated rings. The third-order valence-electron chi connectivity index (χ3n) is 2.31. The van der Waals surface area contributed by atoms with Crippen LogP contribution in [-0.2, 0) is 6.61 Å². The number of nitrogens with one attached hydrogen (secondary N) is 1. The molecule has 1 aromatic heterocycles. The largest absolute Gasteiger partial charge is 0.388 e. The van der Waals surface area contributed by atoms with Gasteiger partial charge in [0, 0.05) is 5.56 Å². The Balaban J connectivity index is 2.40. The second-order valence-corrected chi connectivity index (χ2v) is 3.42. The van der Waals surface area contributed by atoms with Gasteiger partial charge in [0.1, 0.15) is 6.61 Å². The summed E-state index contributed by atoms with van der Waals surface area (Å²) in [6.45, 7) is 5.30. The maximum Gasteiger partial charge on any atom is 0.181 e. The van der Waals surface area contributed by atoms with Gasteiger partial charge < -0.3 is 5.11 Å². The van der Waals surface area contributed by atoms with Crippen LogP contribution in [0.3, 0.4) is 0 Å². The molecule has 1 aromatic carbocycles. The van der Waals surface area contributed by atoms with Gasteiger partial charge in [-0.1, -0.05) is 0 Å². The van der Waals surface area contributed by atoms with E-state index in [1.54, 1.807) is 0 Å². The molecule has 2 rings (SSSR count). The molecule has 0 aliphatic rings. The normalized spacial score (nSPS) is 10.4. The third-order valence-corrected chi connectivity index (χ3v) is 2.31. The zero-order chi connectivity index (χ0) is 11.5. The molecule has 0 amide bonds. The molecule has 0 saturated carbocycles. The summed E-state index contributed by atoms with van der Waals surface area (Å²) in [5, 5.41) is 15.5. The van der Waals surface area contributed by atoms with Gasteiger partial charge in [-0.25, -0.2) is 4.98 Å². The Labute approximate surface area is 92.9 Å². The van der Waals surface area contributed by atoms with Gasteiger partial charge in [0.15, 0.2) is 11.6 Å². The van der Waals surface area contributed by atoms with Crippen molar-refractivity contribution < 1.29 is 5.11 Å². The Kier molecular flexibility index (Phi) is 2.78. The lowest BCUT2D eigenvalue weighted by atomic mass is 10.1. The molecular weight excluding hydrogens is 204 g/mol. The molecule has 2 aromatic rings. The first kappa shape index (κ1) is 10.5. The van der Waals surface area contributed by atoms with Gasteiger partial charge in [-0.05, 0) is 37.4 Å². The number of aliphatic hydroxyl groups is 1. The summed E-state index contributed by atoms with van der Waals surface area (Å²) in [6.07, 6.45) is 0. The number of rotatable bonds is 3. The number of hydrogen-bond donors (Lipinski definition) is 2. The number of aliphatic imine (C=N–C) groups is 1. The Hall–Kier alpha value is -2.01. The third kappa shape index (κ3) is 1.85. The number of aromatic amines is 1. The highest BCUT2D eigenvalue weighted by atomic mass is 16.3. The monoisotopic (exact) mass is 216 g/mol. The quantitative estimate of drug-likeness (QED) is 0.765. The van der Waals surface area contributed by atoms with Gasteiger partial charge in [-0.15, -0.1) is 0 Å². The average molecular weight is 216 g/mol. The van der Waals surface area contributed by atoms with Crippen molar-refractivity contribution in [2.45, 2.75) is 13.5 Å². The van der Waals surface area contributed by atoms with E-state index in [1.165, 1.54) is 0 Å². The van der Waals surface area contributed by atoms with Crippen LogP contribution < -0.4 is 0 Å². The molecule has 0 radical (unpaired) electrons. The van der Waals surface area contributed by atoms with Gasteiger partial charge in [-0.3, -0.25) is 10.1 Å². The maximum atomic E-state index is 8.88. The van der Waals surface area contributed by atoms with E-state index in [0.29, 0.717) is 11.6 Å². The van der Waals surface area contributed by atoms with Crippen LogP contribution in [0.15, 0.2) is 23.2 Å². The van der Waals surface area contributed by atoms with Crippen LogP contribution in [0.25, 0.3) is 11.4 Å². The molecule has 0 atom stereocenters. The van der Waals surface area contributed by atoms with Crippen LogP contribution in [0.4, 0.5) is 5.69 Å². The van der Waals surface area contributed by atoms with E-state index in [2.05, 4.69) is 26.9 Å². The number of aryl methyl sites for hydroxylation is 1. The predicted molar refractivity (Wildman–Crippen MR) is 61.7 cm³/mol. The van der Waals surface area contributed by atoms with Crippen molar-refractivity contribution >= 4 is 12.4 Å². The summed E-state index contributed by atoms with van der Waals surface area (Å²) in [4.78, 5) is 8.02. The van der Waals surface area contributed by atoms with Crippen LogP contribution in [0.5, 0.6) is 0 Å². The lowest BCUT2D eigenvalue weighted by molar-refractivity contribution is 0.272. The Bertz CT molecular complexity index is 518. The van der Waals surface area contributed by atoms with Crippen LogP contribution in [-0.4, -0.2) is 27.0 Å². The Morgan fingerprint density at radius 3 is 2.88 bits per heavy atom. The van der Waals surface area contributed by atoms with Gasteiger partial charge in [-0.2, -0.15) is 5.10 Å². The molecule has 0 aliphatic carbocycles. The standard InChI is InChI=1S/C11H12N4O/c1-7-5-8(3-4-9(7)12-2)11-13-10(6-16)14-15-11/h3-5,16H,2,6H2,1H3,(H,13,14,15). The summed E-state index contributed by atoms with van der Waals surface area (Å²) in [7, 11) is 0. The van der Waals surface area contributed by atoms with Crippen molar-refractivity contribution in [2.24, 2.45) is 4.99 Å². The zero-order valence-electron chi connectivity index (χ0n) is 8.94. The van der Waals surface area contributed by atoms with E-state index < -0.39 is 0 Å². The van der Waals surface area contributed by atoms with Crippen LogP contribution in [0.2, 0.25) is 0 Å². The molecule has 82 valence electrons. The topological polar surface area (TPSA) is 74.2 Å². The molecule has 16 heavy (non-hydrogen) atoms. The number of aromatic nitrogens is 3. The van der Waals surface area contributed by atoms with Crippen molar-refractivity contribution in [3.05, 3.63) is 29.6 Å². The number of hydrogen-bond acceptors (Lipinski definition) is 4. The first-order valence-corrected chi connectivity index (χ1v) is 4.84. The smallest absolute Gasteiger partial charge is 0.181 e. The molecule has 5 heteroatoms. The molecular formula is C11H12N4O. The molecule has 2 N–H and O–H groups in total. The van der Waals surface area contributed by atoms with Gasteiger partial charge >= 0.3 is 0 Å². The molecule has 0 bridgehead atoms. The molecule has 0 spiro atoms. The summed E-state index contributed by atoms with van der Waals surface area (Å²) in [5.41, 5.74) is 2.75. The van der Waals surface area contributed by atoms with Gasteiger partial charge in [0.05, 0.1) is 5.69 Å². The van der Waals surface area contributed by atoms with E-state index in [4.69, 9.17) is 5.11 Å². The van der Waals surface area contributed by atoms with E-state index in [9.17, 15) is 0 Å². The molecule has 0 saturated heterocycles. The SMILES string of the molecule is C=Nc1ccc(-c2n[nH]c(CO)n2)cc1C. The van der Waals surface area contributed by atoms with Crippen molar-refractivity contribution in [2.75, 3.05) is 0 Å². The van der Waals surface area contributed by atoms with E-state index in [1.807, 2.05) is 25.1 Å². The maximum absolute atomic E-state index is 8.88. The van der Waals surface area contributed by atoms with Gasteiger partial charge in [0.25, 0.3) is 0 Å². The fraction of sp³-hybridized carbons (Fsp3) is 0.182. The first-order valence-electron chi connectivity index (χ1n) is 4.84. The fourth-order valence-electron chi connectivity index (χ4n) is 1.47. The number of aliphatic hydroxyl groups excluding tert-OH is 1. The second-order valence-electron chi connectivity index (χ2n) is 3.42. The minimum Gasteiger partial charge on any atom is -0.388 e. The molecule has 5 nitrogen and oxygen atoms in total. The van der Waals surface area contributed by atoms with Crippen molar-refractivity contribution in [3.8, 4) is 11.4 Å². The number of benzene rings is 1. The van der Waals surface area contributed by atoms with E-state index in [0.717, 1.165) is 16.8 Å². The average Bonchev–Trinajstić information content (AvgIpc) is 2.77. The van der Waals surface area contributed by atoms with E-state index in [-0.39, 0.29) is 6.61 Å². The summed E-state index contributed by atoms with van der Waals surface area (Å²) in [6, 6.07) is 5.68.